The quantitative estimate of drug-likeness (QED) is 0.924. The molecule has 0 spiro atoms. The van der Waals surface area contributed by atoms with Gasteiger partial charge in [-0.05, 0) is 31.7 Å². The van der Waals surface area contributed by atoms with Gasteiger partial charge in [0, 0.05) is 11.6 Å². The lowest BCUT2D eigenvalue weighted by atomic mass is 9.62. The Morgan fingerprint density at radius 3 is 2.48 bits per heavy atom. The Labute approximate surface area is 126 Å². The molecule has 1 unspecified atom stereocenters. The second-order valence-corrected chi connectivity index (χ2v) is 8.90. The molecule has 1 saturated carbocycles. The van der Waals surface area contributed by atoms with Gasteiger partial charge in [-0.2, -0.15) is 5.26 Å². The van der Waals surface area contributed by atoms with Crippen LogP contribution in [0.3, 0.4) is 0 Å². The fraction of sp³-hybridized carbons (Fsp3) is 0.562. The van der Waals surface area contributed by atoms with E-state index in [4.69, 9.17) is 0 Å². The first-order chi connectivity index (χ1) is 9.87. The molecular weight excluding hydrogens is 284 g/mol. The van der Waals surface area contributed by atoms with Gasteiger partial charge in [0.15, 0.2) is 9.84 Å². The molecule has 1 heterocycles. The molecule has 1 aromatic carbocycles. The van der Waals surface area contributed by atoms with Crippen molar-refractivity contribution in [2.75, 3.05) is 11.5 Å². The predicted molar refractivity (Wildman–Crippen MR) is 81.6 cm³/mol. The first kappa shape index (κ1) is 14.6. The highest BCUT2D eigenvalue weighted by molar-refractivity contribution is 7.91. The van der Waals surface area contributed by atoms with Gasteiger partial charge in [0.25, 0.3) is 0 Å². The lowest BCUT2D eigenvalue weighted by Crippen LogP contribution is -2.58. The number of nitrogens with zero attached hydrogens (tertiary/aromatic N) is 1. The van der Waals surface area contributed by atoms with Crippen LogP contribution in [0.1, 0.15) is 31.7 Å². The maximum atomic E-state index is 11.6. The topological polar surface area (TPSA) is 70.0 Å². The summed E-state index contributed by atoms with van der Waals surface area (Å²) >= 11 is 0. The van der Waals surface area contributed by atoms with Crippen molar-refractivity contribution in [2.24, 2.45) is 0 Å². The molecule has 0 radical (unpaired) electrons. The maximum absolute atomic E-state index is 11.6. The monoisotopic (exact) mass is 304 g/mol. The highest BCUT2D eigenvalue weighted by atomic mass is 32.2. The second kappa shape index (κ2) is 4.82. The van der Waals surface area contributed by atoms with Crippen molar-refractivity contribution in [1.82, 2.24) is 5.32 Å². The number of hydrogen-bond donors (Lipinski definition) is 1. The number of nitriles is 1. The molecule has 1 aliphatic carbocycles. The largest absolute Gasteiger partial charge is 0.308 e. The highest BCUT2D eigenvalue weighted by Crippen LogP contribution is 2.44. The molecule has 0 aromatic heterocycles. The van der Waals surface area contributed by atoms with Gasteiger partial charge in [-0.3, -0.25) is 0 Å². The predicted octanol–water partition coefficient (Wildman–Crippen LogP) is 1.78. The highest BCUT2D eigenvalue weighted by Gasteiger charge is 2.49. The molecule has 5 heteroatoms. The van der Waals surface area contributed by atoms with Gasteiger partial charge in [-0.1, -0.05) is 30.3 Å². The molecule has 1 saturated heterocycles. The second-order valence-electron chi connectivity index (χ2n) is 6.71. The van der Waals surface area contributed by atoms with Crippen molar-refractivity contribution >= 4 is 9.84 Å². The zero-order valence-corrected chi connectivity index (χ0v) is 13.0. The van der Waals surface area contributed by atoms with Crippen molar-refractivity contribution in [3.63, 3.8) is 0 Å². The lowest BCUT2D eigenvalue weighted by molar-refractivity contribution is 0.183. The summed E-state index contributed by atoms with van der Waals surface area (Å²) in [4.78, 5) is 0. The van der Waals surface area contributed by atoms with Crippen LogP contribution in [0.5, 0.6) is 0 Å². The van der Waals surface area contributed by atoms with Gasteiger partial charge < -0.3 is 5.32 Å². The smallest absolute Gasteiger partial charge is 0.152 e. The number of rotatable bonds is 3. The Bertz CT molecular complexity index is 672. The van der Waals surface area contributed by atoms with Gasteiger partial charge in [-0.15, -0.1) is 0 Å². The molecular formula is C16H20N2O2S. The molecule has 1 atom stereocenters. The Hall–Kier alpha value is -1.38. The van der Waals surface area contributed by atoms with Crippen LogP contribution in [0.2, 0.25) is 0 Å². The summed E-state index contributed by atoms with van der Waals surface area (Å²) in [5.41, 5.74) is 0.323. The van der Waals surface area contributed by atoms with E-state index in [1.807, 2.05) is 37.3 Å². The summed E-state index contributed by atoms with van der Waals surface area (Å²) < 4.78 is 23.3. The first-order valence-electron chi connectivity index (χ1n) is 7.31. The molecule has 1 N–H and O–H groups in total. The summed E-state index contributed by atoms with van der Waals surface area (Å²) in [6, 6.07) is 12.6. The van der Waals surface area contributed by atoms with E-state index in [1.165, 1.54) is 0 Å². The minimum absolute atomic E-state index is 0.210. The van der Waals surface area contributed by atoms with Crippen molar-refractivity contribution in [2.45, 2.75) is 43.2 Å². The van der Waals surface area contributed by atoms with Gasteiger partial charge >= 0.3 is 0 Å². The first-order valence-corrected chi connectivity index (χ1v) is 9.14. The van der Waals surface area contributed by atoms with Crippen LogP contribution in [0.4, 0.5) is 0 Å². The van der Waals surface area contributed by atoms with Gasteiger partial charge in [-0.25, -0.2) is 8.42 Å². The third-order valence-electron chi connectivity index (χ3n) is 4.79. The lowest BCUT2D eigenvalue weighted by Gasteiger charge is -2.46. The van der Waals surface area contributed by atoms with E-state index >= 15 is 0 Å². The van der Waals surface area contributed by atoms with E-state index in [0.29, 0.717) is 6.42 Å². The number of nitrogens with one attached hydrogen (secondary N) is 1. The van der Waals surface area contributed by atoms with Crippen LogP contribution in [0, 0.1) is 11.3 Å². The Morgan fingerprint density at radius 1 is 1.29 bits per heavy atom. The number of sulfone groups is 1. The zero-order valence-electron chi connectivity index (χ0n) is 12.2. The average molecular weight is 304 g/mol. The molecule has 4 nitrogen and oxygen atoms in total. The summed E-state index contributed by atoms with van der Waals surface area (Å²) in [5.74, 6) is 0.479. The van der Waals surface area contributed by atoms with Crippen LogP contribution in [-0.2, 0) is 15.3 Å². The molecule has 112 valence electrons. The van der Waals surface area contributed by atoms with Crippen LogP contribution in [0.15, 0.2) is 30.3 Å². The van der Waals surface area contributed by atoms with Crippen molar-refractivity contribution in [1.29, 1.82) is 5.26 Å². The molecule has 2 fully saturated rings. The number of benzene rings is 1. The van der Waals surface area contributed by atoms with Crippen LogP contribution in [-0.4, -0.2) is 31.5 Å². The van der Waals surface area contributed by atoms with Crippen molar-refractivity contribution in [3.8, 4) is 6.07 Å². The third-order valence-corrected chi connectivity index (χ3v) is 6.69. The van der Waals surface area contributed by atoms with Crippen molar-refractivity contribution < 1.29 is 8.42 Å². The van der Waals surface area contributed by atoms with Crippen molar-refractivity contribution in [3.05, 3.63) is 35.9 Å². The minimum Gasteiger partial charge on any atom is -0.308 e. The molecule has 2 aliphatic rings. The average Bonchev–Trinajstić information content (AvgIpc) is 2.69. The molecule has 0 bridgehead atoms. The summed E-state index contributed by atoms with van der Waals surface area (Å²) in [5, 5.41) is 13.0. The SMILES string of the molecule is CC1(NC2CC(C#N)(c3ccccc3)C2)CCS(=O)(=O)C1. The van der Waals surface area contributed by atoms with Crippen LogP contribution in [0.25, 0.3) is 0 Å². The Morgan fingerprint density at radius 2 is 1.95 bits per heavy atom. The molecule has 3 rings (SSSR count). The summed E-state index contributed by atoms with van der Waals surface area (Å²) in [6.07, 6.45) is 2.17. The Kier molecular flexibility index (Phi) is 3.34. The molecule has 0 amide bonds. The Balaban J connectivity index is 1.67. The van der Waals surface area contributed by atoms with E-state index in [-0.39, 0.29) is 23.1 Å². The normalized spacial score (nSPS) is 37.6. The fourth-order valence-electron chi connectivity index (χ4n) is 3.65. The fourth-order valence-corrected chi connectivity index (χ4v) is 5.75. The van der Waals surface area contributed by atoms with E-state index < -0.39 is 15.3 Å². The number of hydrogen-bond acceptors (Lipinski definition) is 4. The molecule has 21 heavy (non-hydrogen) atoms. The van der Waals surface area contributed by atoms with E-state index in [0.717, 1.165) is 18.4 Å². The van der Waals surface area contributed by atoms with Crippen LogP contribution >= 0.6 is 0 Å². The standard InChI is InChI=1S/C16H20N2O2S/c1-15(7-8-21(19,20)12-15)18-14-9-16(10-14,11-17)13-5-3-2-4-6-13/h2-6,14,18H,7-10,12H2,1H3. The van der Waals surface area contributed by atoms with Gasteiger partial charge in [0.05, 0.1) is 23.0 Å². The summed E-state index contributed by atoms with van der Waals surface area (Å²) in [7, 11) is -2.90. The van der Waals surface area contributed by atoms with Crippen LogP contribution < -0.4 is 5.32 Å². The van der Waals surface area contributed by atoms with Gasteiger partial charge in [0.2, 0.25) is 0 Å². The summed E-state index contributed by atoms with van der Waals surface area (Å²) in [6.45, 7) is 1.98. The minimum atomic E-state index is -2.90. The zero-order chi connectivity index (χ0) is 15.1. The van der Waals surface area contributed by atoms with E-state index in [9.17, 15) is 13.7 Å². The third kappa shape index (κ3) is 2.70. The van der Waals surface area contributed by atoms with E-state index in [2.05, 4.69) is 11.4 Å². The van der Waals surface area contributed by atoms with Gasteiger partial charge in [0.1, 0.15) is 0 Å². The maximum Gasteiger partial charge on any atom is 0.152 e. The van der Waals surface area contributed by atoms with E-state index in [1.54, 1.807) is 0 Å². The molecule has 1 aromatic rings. The molecule has 1 aliphatic heterocycles.